The highest BCUT2D eigenvalue weighted by atomic mass is 19.1. The van der Waals surface area contributed by atoms with Gasteiger partial charge in [0.2, 0.25) is 0 Å². The lowest BCUT2D eigenvalue weighted by molar-refractivity contribution is -0.145. The molecule has 0 atom stereocenters. The van der Waals surface area contributed by atoms with Crippen LogP contribution in [0, 0.1) is 17.1 Å². The van der Waals surface area contributed by atoms with E-state index >= 15 is 0 Å². The number of hydrogen-bond acceptors (Lipinski definition) is 5. The number of pyridine rings is 1. The molecule has 0 aliphatic heterocycles. The first-order valence-corrected chi connectivity index (χ1v) is 8.99. The molecule has 3 aromatic heterocycles. The van der Waals surface area contributed by atoms with Crippen LogP contribution in [-0.4, -0.2) is 15.4 Å². The second kappa shape index (κ2) is 7.98. The largest absolute Gasteiger partial charge is 0.461 e. The predicted molar refractivity (Wildman–Crippen MR) is 102 cm³/mol. The van der Waals surface area contributed by atoms with Gasteiger partial charge in [-0.2, -0.15) is 5.26 Å². The Balaban J connectivity index is 1.34. The Bertz CT molecular complexity index is 1200. The first-order chi connectivity index (χ1) is 14.1. The zero-order valence-electron chi connectivity index (χ0n) is 15.3. The molecule has 0 N–H and O–H groups in total. The molecule has 0 unspecified atom stereocenters. The molecule has 0 aliphatic carbocycles. The fourth-order valence-corrected chi connectivity index (χ4v) is 3.03. The Morgan fingerprint density at radius 1 is 1.24 bits per heavy atom. The summed E-state index contributed by atoms with van der Waals surface area (Å²) in [5.74, 6) is 0.165. The maximum Gasteiger partial charge on any atom is 0.306 e. The van der Waals surface area contributed by atoms with Crippen molar-refractivity contribution in [2.24, 2.45) is 0 Å². The van der Waals surface area contributed by atoms with Crippen LogP contribution in [0.5, 0.6) is 0 Å². The minimum atomic E-state index is -0.411. The number of benzene rings is 1. The summed E-state index contributed by atoms with van der Waals surface area (Å²) in [6.07, 6.45) is 5.54. The summed E-state index contributed by atoms with van der Waals surface area (Å²) in [6, 6.07) is 13.6. The molecule has 7 heteroatoms. The third-order valence-corrected chi connectivity index (χ3v) is 4.49. The molecule has 0 saturated carbocycles. The summed E-state index contributed by atoms with van der Waals surface area (Å²) >= 11 is 0. The number of hydrogen-bond donors (Lipinski definition) is 0. The topological polar surface area (TPSA) is 80.5 Å². The van der Waals surface area contributed by atoms with Crippen LogP contribution >= 0.6 is 0 Å². The number of ether oxygens (including phenoxy) is 1. The number of oxazole rings is 1. The number of carbonyl (C=O) groups is 1. The van der Waals surface area contributed by atoms with Crippen LogP contribution in [0.2, 0.25) is 0 Å². The number of nitrogens with zero attached hydrogens (tertiary/aromatic N) is 3. The molecule has 4 rings (SSSR count). The highest BCUT2D eigenvalue weighted by Crippen LogP contribution is 2.22. The maximum absolute atomic E-state index is 13.0. The molecule has 0 aliphatic rings. The minimum absolute atomic E-state index is 0.0236. The van der Waals surface area contributed by atoms with Gasteiger partial charge in [0.25, 0.3) is 0 Å². The standard InChI is InChI=1S/C22H16FN3O3/c23-17-6-4-15(5-7-17)20-12-25-21(29-20)8-9-22(27)28-14-16-13-26-10-2-1-3-19(26)18(16)11-24/h1-7,10,12-13H,8-9,14H2. The molecule has 0 saturated heterocycles. The first-order valence-electron chi connectivity index (χ1n) is 8.99. The van der Waals surface area contributed by atoms with Crippen molar-refractivity contribution >= 4 is 11.5 Å². The highest BCUT2D eigenvalue weighted by Gasteiger charge is 2.14. The van der Waals surface area contributed by atoms with Crippen molar-refractivity contribution in [3.8, 4) is 17.4 Å². The molecule has 0 radical (unpaired) electrons. The van der Waals surface area contributed by atoms with Gasteiger partial charge in [-0.05, 0) is 36.4 Å². The van der Waals surface area contributed by atoms with Gasteiger partial charge in [-0.1, -0.05) is 6.07 Å². The Hall–Kier alpha value is -3.92. The summed E-state index contributed by atoms with van der Waals surface area (Å²) in [5, 5.41) is 9.39. The summed E-state index contributed by atoms with van der Waals surface area (Å²) in [5.41, 5.74) is 2.63. The van der Waals surface area contributed by atoms with Gasteiger partial charge < -0.3 is 13.6 Å². The lowest BCUT2D eigenvalue weighted by atomic mass is 10.2. The number of carbonyl (C=O) groups excluding carboxylic acids is 1. The van der Waals surface area contributed by atoms with E-state index in [1.165, 1.54) is 12.1 Å². The molecular formula is C22H16FN3O3. The number of fused-ring (bicyclic) bond motifs is 1. The fourth-order valence-electron chi connectivity index (χ4n) is 3.03. The van der Waals surface area contributed by atoms with Gasteiger partial charge in [0.05, 0.1) is 23.7 Å². The zero-order valence-corrected chi connectivity index (χ0v) is 15.3. The number of nitriles is 1. The van der Waals surface area contributed by atoms with E-state index in [1.54, 1.807) is 24.5 Å². The van der Waals surface area contributed by atoms with Crippen LogP contribution in [-0.2, 0) is 22.6 Å². The molecule has 4 aromatic rings. The van der Waals surface area contributed by atoms with E-state index in [1.807, 2.05) is 28.8 Å². The Kier molecular flexibility index (Phi) is 5.08. The predicted octanol–water partition coefficient (Wildman–Crippen LogP) is 4.28. The monoisotopic (exact) mass is 389 g/mol. The van der Waals surface area contributed by atoms with E-state index in [9.17, 15) is 14.4 Å². The van der Waals surface area contributed by atoms with E-state index in [2.05, 4.69) is 11.1 Å². The van der Waals surface area contributed by atoms with Gasteiger partial charge in [0.1, 0.15) is 18.5 Å². The number of halogens is 1. The van der Waals surface area contributed by atoms with Gasteiger partial charge in [-0.3, -0.25) is 4.79 Å². The first kappa shape index (κ1) is 18.4. The summed E-state index contributed by atoms with van der Waals surface area (Å²) in [4.78, 5) is 16.2. The van der Waals surface area contributed by atoms with Crippen LogP contribution in [0.4, 0.5) is 4.39 Å². The van der Waals surface area contributed by atoms with E-state index in [4.69, 9.17) is 9.15 Å². The third-order valence-electron chi connectivity index (χ3n) is 4.49. The average molecular weight is 389 g/mol. The van der Waals surface area contributed by atoms with Gasteiger partial charge >= 0.3 is 5.97 Å². The molecule has 6 nitrogen and oxygen atoms in total. The Morgan fingerprint density at radius 2 is 2.07 bits per heavy atom. The summed E-state index contributed by atoms with van der Waals surface area (Å²) in [7, 11) is 0. The van der Waals surface area contributed by atoms with Crippen molar-refractivity contribution in [3.63, 3.8) is 0 Å². The molecule has 3 heterocycles. The number of rotatable bonds is 6. The molecule has 0 bridgehead atoms. The SMILES string of the molecule is N#Cc1c(COC(=O)CCc2ncc(-c3ccc(F)cc3)o2)cn2ccccc12. The lowest BCUT2D eigenvalue weighted by Crippen LogP contribution is -2.06. The van der Waals surface area contributed by atoms with Gasteiger partial charge in [-0.15, -0.1) is 0 Å². The van der Waals surface area contributed by atoms with E-state index in [0.717, 1.165) is 5.52 Å². The highest BCUT2D eigenvalue weighted by molar-refractivity contribution is 5.70. The van der Waals surface area contributed by atoms with Gasteiger partial charge in [0, 0.05) is 29.9 Å². The van der Waals surface area contributed by atoms with E-state index in [-0.39, 0.29) is 25.3 Å². The molecule has 0 amide bonds. The molecular weight excluding hydrogens is 373 g/mol. The molecule has 144 valence electrons. The van der Waals surface area contributed by atoms with E-state index < -0.39 is 5.97 Å². The number of aryl methyl sites for hydroxylation is 1. The van der Waals surface area contributed by atoms with Crippen LogP contribution in [0.25, 0.3) is 16.8 Å². The lowest BCUT2D eigenvalue weighted by Gasteiger charge is -2.03. The molecule has 1 aromatic carbocycles. The zero-order chi connectivity index (χ0) is 20.2. The average Bonchev–Trinajstić information content (AvgIpc) is 3.35. The molecule has 29 heavy (non-hydrogen) atoms. The van der Waals surface area contributed by atoms with Crippen LogP contribution in [0.3, 0.4) is 0 Å². The van der Waals surface area contributed by atoms with Crippen molar-refractivity contribution in [2.75, 3.05) is 0 Å². The van der Waals surface area contributed by atoms with Crippen molar-refractivity contribution in [3.05, 3.63) is 83.9 Å². The van der Waals surface area contributed by atoms with E-state index in [0.29, 0.717) is 28.3 Å². The van der Waals surface area contributed by atoms with Crippen molar-refractivity contribution in [1.29, 1.82) is 5.26 Å². The second-order valence-electron chi connectivity index (χ2n) is 6.42. The number of esters is 1. The number of aromatic nitrogens is 2. The molecule has 0 fully saturated rings. The second-order valence-corrected chi connectivity index (χ2v) is 6.42. The van der Waals surface area contributed by atoms with Crippen LogP contribution in [0.1, 0.15) is 23.4 Å². The maximum atomic E-state index is 13.0. The van der Waals surface area contributed by atoms with Crippen molar-refractivity contribution in [1.82, 2.24) is 9.38 Å². The summed E-state index contributed by atoms with van der Waals surface area (Å²) < 4.78 is 25.8. The van der Waals surface area contributed by atoms with Crippen molar-refractivity contribution < 1.29 is 18.3 Å². The summed E-state index contributed by atoms with van der Waals surface area (Å²) in [6.45, 7) is 0.0236. The normalized spacial score (nSPS) is 10.8. The smallest absolute Gasteiger partial charge is 0.306 e. The van der Waals surface area contributed by atoms with Crippen LogP contribution in [0.15, 0.2) is 65.5 Å². The third kappa shape index (κ3) is 4.01. The minimum Gasteiger partial charge on any atom is -0.461 e. The van der Waals surface area contributed by atoms with Gasteiger partial charge in [0.15, 0.2) is 11.7 Å². The Morgan fingerprint density at radius 3 is 2.86 bits per heavy atom. The van der Waals surface area contributed by atoms with Crippen LogP contribution < -0.4 is 0 Å². The Labute approximate surface area is 165 Å². The van der Waals surface area contributed by atoms with Gasteiger partial charge in [-0.25, -0.2) is 9.37 Å². The quantitative estimate of drug-likeness (QED) is 0.460. The van der Waals surface area contributed by atoms with Crippen molar-refractivity contribution in [2.45, 2.75) is 19.4 Å². The fraction of sp³-hybridized carbons (Fsp3) is 0.136. The molecule has 0 spiro atoms.